The summed E-state index contributed by atoms with van der Waals surface area (Å²) in [5.41, 5.74) is -0.536. The zero-order valence-corrected chi connectivity index (χ0v) is 14.8. The number of aryl methyl sites for hydroxylation is 1. The molecule has 1 fully saturated rings. The molecule has 1 aromatic carbocycles. The molecule has 0 spiro atoms. The zero-order valence-electron chi connectivity index (χ0n) is 14.8. The molecule has 1 aliphatic rings. The molecule has 1 amide bonds. The molecule has 4 nitrogen and oxygen atoms in total. The number of nitrogens with zero attached hydrogens (tertiary/aromatic N) is 2. The normalized spacial score (nSPS) is 17.9. The van der Waals surface area contributed by atoms with Gasteiger partial charge in [0.15, 0.2) is 5.43 Å². The van der Waals surface area contributed by atoms with E-state index in [1.54, 1.807) is 36.9 Å². The summed E-state index contributed by atoms with van der Waals surface area (Å²) in [5, 5.41) is 0.268. The molecule has 0 radical (unpaired) electrons. The lowest BCUT2D eigenvalue weighted by Crippen LogP contribution is -2.38. The molecule has 140 valence electrons. The quantitative estimate of drug-likeness (QED) is 0.831. The Morgan fingerprint density at radius 3 is 2.65 bits per heavy atom. The van der Waals surface area contributed by atoms with E-state index in [0.717, 1.165) is 16.6 Å². The van der Waals surface area contributed by atoms with Crippen LogP contribution in [0.2, 0.25) is 0 Å². The summed E-state index contributed by atoms with van der Waals surface area (Å²) in [6.07, 6.45) is -2.89. The third kappa shape index (κ3) is 3.34. The van der Waals surface area contributed by atoms with Crippen LogP contribution in [0.5, 0.6) is 0 Å². The van der Waals surface area contributed by atoms with Crippen molar-refractivity contribution >= 4 is 16.8 Å². The molecule has 0 N–H and O–H groups in total. The maximum Gasteiger partial charge on any atom is 0.431 e. The van der Waals surface area contributed by atoms with Crippen LogP contribution in [0, 0.1) is 6.92 Å². The van der Waals surface area contributed by atoms with Gasteiger partial charge in [0.25, 0.3) is 0 Å². The molecular formula is C19H21F3N2O2. The summed E-state index contributed by atoms with van der Waals surface area (Å²) in [5.74, 6) is -0.0535. The molecule has 0 unspecified atom stereocenters. The van der Waals surface area contributed by atoms with Gasteiger partial charge in [-0.2, -0.15) is 13.2 Å². The highest BCUT2D eigenvalue weighted by molar-refractivity contribution is 5.80. The van der Waals surface area contributed by atoms with Crippen molar-refractivity contribution < 1.29 is 18.0 Å². The van der Waals surface area contributed by atoms with Crippen molar-refractivity contribution in [3.8, 4) is 0 Å². The number of hydrogen-bond donors (Lipinski definition) is 0. The number of likely N-dealkylation sites (tertiary alicyclic amines) is 1. The Kier molecular flexibility index (Phi) is 4.82. The van der Waals surface area contributed by atoms with E-state index in [2.05, 4.69) is 0 Å². The number of aromatic nitrogens is 1. The molecule has 0 saturated carbocycles. The van der Waals surface area contributed by atoms with Gasteiger partial charge in [-0.05, 0) is 31.9 Å². The molecule has 7 heteroatoms. The molecule has 26 heavy (non-hydrogen) atoms. The second-order valence-electron chi connectivity index (χ2n) is 6.76. The third-order valence-electron chi connectivity index (χ3n) is 4.95. The largest absolute Gasteiger partial charge is 0.431 e. The minimum atomic E-state index is -4.64. The lowest BCUT2D eigenvalue weighted by atomic mass is 10.1. The van der Waals surface area contributed by atoms with Gasteiger partial charge in [0.05, 0.1) is 5.52 Å². The Labute approximate surface area is 149 Å². The van der Waals surface area contributed by atoms with Gasteiger partial charge in [0, 0.05) is 37.0 Å². The Morgan fingerprint density at radius 2 is 2.00 bits per heavy atom. The van der Waals surface area contributed by atoms with E-state index in [4.69, 9.17) is 0 Å². The number of fused-ring (bicyclic) bond motifs is 1. The molecule has 3 rings (SSSR count). The van der Waals surface area contributed by atoms with Crippen molar-refractivity contribution in [2.75, 3.05) is 6.54 Å². The maximum atomic E-state index is 13.6. The highest BCUT2D eigenvalue weighted by Crippen LogP contribution is 2.32. The lowest BCUT2D eigenvalue weighted by Gasteiger charge is -2.28. The van der Waals surface area contributed by atoms with Gasteiger partial charge in [-0.25, -0.2) is 0 Å². The number of benzene rings is 1. The summed E-state index contributed by atoms with van der Waals surface area (Å²) < 4.78 is 41.9. The van der Waals surface area contributed by atoms with Crippen LogP contribution in [-0.2, 0) is 17.5 Å². The van der Waals surface area contributed by atoms with Crippen molar-refractivity contribution in [3.05, 3.63) is 45.7 Å². The fraction of sp³-hybridized carbons (Fsp3) is 0.474. The van der Waals surface area contributed by atoms with E-state index in [-0.39, 0.29) is 29.4 Å². The van der Waals surface area contributed by atoms with Gasteiger partial charge >= 0.3 is 6.18 Å². The zero-order chi connectivity index (χ0) is 19.1. The van der Waals surface area contributed by atoms with Crippen LogP contribution in [0.15, 0.2) is 29.1 Å². The van der Waals surface area contributed by atoms with Crippen LogP contribution in [0.4, 0.5) is 13.2 Å². The summed E-state index contributed by atoms with van der Waals surface area (Å²) in [7, 11) is 0. The molecular weight excluding hydrogens is 345 g/mol. The van der Waals surface area contributed by atoms with E-state index in [1.165, 1.54) is 0 Å². The van der Waals surface area contributed by atoms with Crippen LogP contribution < -0.4 is 5.43 Å². The second kappa shape index (κ2) is 6.78. The van der Waals surface area contributed by atoms with Crippen LogP contribution >= 0.6 is 0 Å². The van der Waals surface area contributed by atoms with Gasteiger partial charge < -0.3 is 9.47 Å². The maximum absolute atomic E-state index is 13.6. The van der Waals surface area contributed by atoms with E-state index in [0.29, 0.717) is 25.5 Å². The second-order valence-corrected chi connectivity index (χ2v) is 6.76. The van der Waals surface area contributed by atoms with Gasteiger partial charge in [0.1, 0.15) is 5.69 Å². The molecule has 0 aliphatic carbocycles. The smallest absolute Gasteiger partial charge is 0.338 e. The molecule has 0 bridgehead atoms. The molecule has 1 saturated heterocycles. The van der Waals surface area contributed by atoms with Gasteiger partial charge in [0.2, 0.25) is 5.91 Å². The number of carbonyl (C=O) groups excluding carboxylic acids is 1. The summed E-state index contributed by atoms with van der Waals surface area (Å²) in [6.45, 7) is 4.13. The Morgan fingerprint density at radius 1 is 1.27 bits per heavy atom. The first-order chi connectivity index (χ1) is 12.2. The van der Waals surface area contributed by atoms with Crippen LogP contribution in [0.1, 0.15) is 37.4 Å². The van der Waals surface area contributed by atoms with Crippen molar-refractivity contribution in [2.45, 2.75) is 51.9 Å². The number of rotatable bonds is 3. The molecule has 1 aromatic heterocycles. The number of alkyl halides is 3. The predicted molar refractivity (Wildman–Crippen MR) is 93.0 cm³/mol. The number of halogens is 3. The number of hydrogen-bond acceptors (Lipinski definition) is 2. The molecule has 1 atom stereocenters. The van der Waals surface area contributed by atoms with Crippen molar-refractivity contribution in [1.82, 2.24) is 9.47 Å². The summed E-state index contributed by atoms with van der Waals surface area (Å²) >= 11 is 0. The number of pyridine rings is 1. The Hall–Kier alpha value is -2.31. The van der Waals surface area contributed by atoms with Crippen molar-refractivity contribution in [3.63, 3.8) is 0 Å². The van der Waals surface area contributed by atoms with E-state index in [1.807, 2.05) is 0 Å². The Bertz CT molecular complexity index is 902. The highest BCUT2D eigenvalue weighted by atomic mass is 19.4. The van der Waals surface area contributed by atoms with Crippen molar-refractivity contribution in [1.29, 1.82) is 0 Å². The third-order valence-corrected chi connectivity index (χ3v) is 4.95. The van der Waals surface area contributed by atoms with Gasteiger partial charge in [-0.15, -0.1) is 0 Å². The fourth-order valence-corrected chi connectivity index (χ4v) is 3.69. The SMILES string of the molecule is CCC(=O)N1CCC[C@@H]1Cn1c(C(F)(F)F)cc(=O)c2cc(C)ccc21. The van der Waals surface area contributed by atoms with Crippen molar-refractivity contribution in [2.24, 2.45) is 0 Å². The predicted octanol–water partition coefficient (Wildman–Crippen LogP) is 3.73. The number of amides is 1. The molecule has 1 aliphatic heterocycles. The highest BCUT2D eigenvalue weighted by Gasteiger charge is 2.37. The number of carbonyl (C=O) groups is 1. The van der Waals surface area contributed by atoms with E-state index in [9.17, 15) is 22.8 Å². The average molecular weight is 366 g/mol. The van der Waals surface area contributed by atoms with E-state index < -0.39 is 17.3 Å². The minimum Gasteiger partial charge on any atom is -0.338 e. The van der Waals surface area contributed by atoms with Crippen LogP contribution in [0.25, 0.3) is 10.9 Å². The van der Waals surface area contributed by atoms with Crippen LogP contribution in [-0.4, -0.2) is 28.0 Å². The molecule has 2 aromatic rings. The van der Waals surface area contributed by atoms with Gasteiger partial charge in [-0.3, -0.25) is 9.59 Å². The van der Waals surface area contributed by atoms with Crippen LogP contribution in [0.3, 0.4) is 0 Å². The average Bonchev–Trinajstić information content (AvgIpc) is 3.03. The first-order valence-corrected chi connectivity index (χ1v) is 8.73. The fourth-order valence-electron chi connectivity index (χ4n) is 3.69. The summed E-state index contributed by atoms with van der Waals surface area (Å²) in [4.78, 5) is 26.0. The minimum absolute atomic E-state index is 0.0282. The monoisotopic (exact) mass is 366 g/mol. The standard InChI is InChI=1S/C19H21F3N2O2/c1-3-18(26)23-8-4-5-13(23)11-24-15-7-6-12(2)9-14(15)16(25)10-17(24)19(20,21)22/h6-7,9-10,13H,3-5,8,11H2,1-2H3/t13-/m1/s1. The molecule has 2 heterocycles. The topological polar surface area (TPSA) is 42.3 Å². The lowest BCUT2D eigenvalue weighted by molar-refractivity contribution is -0.144. The first kappa shape index (κ1) is 18.5. The Balaban J connectivity index is 2.15. The van der Waals surface area contributed by atoms with Gasteiger partial charge in [-0.1, -0.05) is 18.6 Å². The summed E-state index contributed by atoms with van der Waals surface area (Å²) in [6, 6.07) is 5.24. The first-order valence-electron chi connectivity index (χ1n) is 8.73. The van der Waals surface area contributed by atoms with E-state index >= 15 is 0 Å².